The van der Waals surface area contributed by atoms with Crippen molar-refractivity contribution in [3.8, 4) is 0 Å². The van der Waals surface area contributed by atoms with Crippen molar-refractivity contribution in [2.24, 2.45) is 34.5 Å². The quantitative estimate of drug-likeness (QED) is 0.371. The minimum absolute atomic E-state index is 0.191. The van der Waals surface area contributed by atoms with Crippen LogP contribution in [0, 0.1) is 34.5 Å². The molecule has 0 radical (unpaired) electrons. The summed E-state index contributed by atoms with van der Waals surface area (Å²) in [5, 5.41) is 19.8. The van der Waals surface area contributed by atoms with Crippen LogP contribution in [0.15, 0.2) is 0 Å². The van der Waals surface area contributed by atoms with E-state index in [0.717, 1.165) is 37.0 Å². The van der Waals surface area contributed by atoms with Gasteiger partial charge in [-0.05, 0) is 120 Å². The molecule has 2 N–H and O–H groups in total. The predicted molar refractivity (Wildman–Crippen MR) is 133 cm³/mol. The maximum atomic E-state index is 13.7. The fraction of sp³-hybridized carbons (Fsp3) is 1.00. The fourth-order valence-electron chi connectivity index (χ4n) is 8.15. The van der Waals surface area contributed by atoms with Crippen LogP contribution in [0.2, 0.25) is 0 Å². The first kappa shape index (κ1) is 27.1. The molecular formula is C27H49O6P. The zero-order chi connectivity index (χ0) is 24.9. The number of phosphoric acid groups is 1. The number of phosphoric ester groups is 1. The molecule has 7 heteroatoms. The van der Waals surface area contributed by atoms with E-state index in [1.807, 2.05) is 0 Å². The molecule has 0 amide bonds. The van der Waals surface area contributed by atoms with Crippen LogP contribution in [0.5, 0.6) is 0 Å². The first-order valence-corrected chi connectivity index (χ1v) is 15.3. The molecule has 0 aliphatic heterocycles. The lowest BCUT2D eigenvalue weighted by Gasteiger charge is -2.60. The van der Waals surface area contributed by atoms with Crippen LogP contribution in [0.1, 0.15) is 106 Å². The van der Waals surface area contributed by atoms with Gasteiger partial charge in [-0.15, -0.1) is 0 Å². The monoisotopic (exact) mass is 500 g/mol. The standard InChI is InChI=1S/C27H49O6P/c1-17(28)19(3)31-34(30,32-20(4)18(2)29)33-22-11-15-27(6)21(16-22)9-10-23-24-8-7-13-26(24,5)14-12-25(23)27/h17-25,28-29H,7-16H2,1-6H3/t17?,18?,19?,20?,21-,22+,23-,24-,25-,26-,27-,34?/m0/s1. The third kappa shape index (κ3) is 5.20. The van der Waals surface area contributed by atoms with E-state index >= 15 is 0 Å². The second kappa shape index (κ2) is 10.1. The molecular weight excluding hydrogens is 451 g/mol. The van der Waals surface area contributed by atoms with Gasteiger partial charge in [-0.2, -0.15) is 0 Å². The lowest BCUT2D eigenvalue weighted by Crippen LogP contribution is -2.53. The topological polar surface area (TPSA) is 85.2 Å². The van der Waals surface area contributed by atoms with E-state index in [0.29, 0.717) is 16.7 Å². The largest absolute Gasteiger partial charge is 0.475 e. The average Bonchev–Trinajstić information content (AvgIpc) is 3.15. The summed E-state index contributed by atoms with van der Waals surface area (Å²) in [7, 11) is -3.95. The predicted octanol–water partition coefficient (Wildman–Crippen LogP) is 6.48. The highest BCUT2D eigenvalue weighted by Crippen LogP contribution is 2.67. The first-order valence-electron chi connectivity index (χ1n) is 13.9. The van der Waals surface area contributed by atoms with E-state index in [9.17, 15) is 14.8 Å². The molecule has 0 saturated heterocycles. The molecule has 0 bridgehead atoms. The van der Waals surface area contributed by atoms with Crippen LogP contribution in [0.4, 0.5) is 0 Å². The Balaban J connectivity index is 1.45. The zero-order valence-electron chi connectivity index (χ0n) is 22.2. The van der Waals surface area contributed by atoms with Gasteiger partial charge >= 0.3 is 7.82 Å². The third-order valence-corrected chi connectivity index (χ3v) is 12.4. The second-order valence-electron chi connectivity index (χ2n) is 12.8. The van der Waals surface area contributed by atoms with Crippen molar-refractivity contribution in [3.05, 3.63) is 0 Å². The molecule has 6 nitrogen and oxygen atoms in total. The van der Waals surface area contributed by atoms with E-state index in [1.165, 1.54) is 44.9 Å². The smallest absolute Gasteiger partial charge is 0.391 e. The number of fused-ring (bicyclic) bond motifs is 5. The number of aliphatic hydroxyl groups excluding tert-OH is 2. The lowest BCUT2D eigenvalue weighted by molar-refractivity contribution is -0.122. The van der Waals surface area contributed by atoms with Crippen LogP contribution in [-0.4, -0.2) is 40.7 Å². The zero-order valence-corrected chi connectivity index (χ0v) is 23.1. The summed E-state index contributed by atoms with van der Waals surface area (Å²) in [4.78, 5) is 0. The van der Waals surface area contributed by atoms with Gasteiger partial charge < -0.3 is 10.2 Å². The summed E-state index contributed by atoms with van der Waals surface area (Å²) in [6.07, 6.45) is 9.16. The molecule has 11 atom stereocenters. The van der Waals surface area contributed by atoms with Gasteiger partial charge in [-0.3, -0.25) is 13.6 Å². The minimum Gasteiger partial charge on any atom is -0.391 e. The van der Waals surface area contributed by atoms with Gasteiger partial charge in [0.2, 0.25) is 0 Å². The Hall–Kier alpha value is 0.0300. The molecule has 4 unspecified atom stereocenters. The molecule has 4 saturated carbocycles. The highest BCUT2D eigenvalue weighted by atomic mass is 31.2. The maximum Gasteiger partial charge on any atom is 0.475 e. The summed E-state index contributed by atoms with van der Waals surface area (Å²) in [5.41, 5.74) is 0.908. The van der Waals surface area contributed by atoms with Crippen LogP contribution in [0.3, 0.4) is 0 Å². The van der Waals surface area contributed by atoms with Gasteiger partial charge in [-0.1, -0.05) is 20.3 Å². The summed E-state index contributed by atoms with van der Waals surface area (Å²) >= 11 is 0. The average molecular weight is 501 g/mol. The van der Waals surface area contributed by atoms with Gasteiger partial charge in [0, 0.05) is 0 Å². The lowest BCUT2D eigenvalue weighted by atomic mass is 9.45. The van der Waals surface area contributed by atoms with Crippen LogP contribution < -0.4 is 0 Å². The number of hydrogen-bond donors (Lipinski definition) is 2. The molecule has 0 heterocycles. The Morgan fingerprint density at radius 3 is 2.09 bits per heavy atom. The number of hydrogen-bond acceptors (Lipinski definition) is 6. The molecule has 4 rings (SSSR count). The van der Waals surface area contributed by atoms with Crippen molar-refractivity contribution in [1.29, 1.82) is 0 Å². The molecule has 0 spiro atoms. The molecule has 0 aromatic heterocycles. The molecule has 198 valence electrons. The van der Waals surface area contributed by atoms with Crippen LogP contribution >= 0.6 is 7.82 Å². The van der Waals surface area contributed by atoms with Gasteiger partial charge in [0.1, 0.15) is 0 Å². The fourth-order valence-corrected chi connectivity index (χ4v) is 10.0. The minimum atomic E-state index is -3.95. The highest BCUT2D eigenvalue weighted by molar-refractivity contribution is 7.48. The van der Waals surface area contributed by atoms with Crippen LogP contribution in [-0.2, 0) is 18.1 Å². The molecule has 4 aliphatic carbocycles. The SMILES string of the molecule is CC(O)C(C)OP(=O)(OC(C)C(C)O)O[C@@H]1CC[C@@]2(C)[C@@H](CC[C@H]3[C@@H]4CCC[C@@]4(C)CC[C@@H]32)C1. The molecule has 0 aromatic rings. The highest BCUT2D eigenvalue weighted by Gasteiger charge is 2.58. The Bertz CT molecular complexity index is 737. The Morgan fingerprint density at radius 2 is 1.47 bits per heavy atom. The normalized spacial score (nSPS) is 45.2. The number of aliphatic hydroxyl groups is 2. The molecule has 4 aliphatic rings. The molecule has 4 fully saturated rings. The van der Waals surface area contributed by atoms with E-state index in [2.05, 4.69) is 13.8 Å². The van der Waals surface area contributed by atoms with Crippen molar-refractivity contribution < 1.29 is 28.3 Å². The van der Waals surface area contributed by atoms with Gasteiger partial charge in [0.05, 0.1) is 30.5 Å². The molecule has 34 heavy (non-hydrogen) atoms. The van der Waals surface area contributed by atoms with Crippen molar-refractivity contribution in [2.75, 3.05) is 0 Å². The maximum absolute atomic E-state index is 13.7. The van der Waals surface area contributed by atoms with Crippen molar-refractivity contribution in [1.82, 2.24) is 0 Å². The summed E-state index contributed by atoms with van der Waals surface area (Å²) < 4.78 is 31.1. The third-order valence-electron chi connectivity index (χ3n) is 10.6. The summed E-state index contributed by atoms with van der Waals surface area (Å²) in [6.45, 7) is 11.6. The van der Waals surface area contributed by atoms with Crippen molar-refractivity contribution in [3.63, 3.8) is 0 Å². The van der Waals surface area contributed by atoms with Crippen molar-refractivity contribution >= 4 is 7.82 Å². The van der Waals surface area contributed by atoms with E-state index in [4.69, 9.17) is 13.6 Å². The summed E-state index contributed by atoms with van der Waals surface area (Å²) in [5.74, 6) is 3.14. The Kier molecular flexibility index (Phi) is 8.01. The van der Waals surface area contributed by atoms with E-state index < -0.39 is 32.2 Å². The second-order valence-corrected chi connectivity index (χ2v) is 14.3. The summed E-state index contributed by atoms with van der Waals surface area (Å²) in [6, 6.07) is 0. The van der Waals surface area contributed by atoms with Gasteiger partial charge in [-0.25, -0.2) is 4.57 Å². The Morgan fingerprint density at radius 1 is 0.824 bits per heavy atom. The van der Waals surface area contributed by atoms with E-state index in [-0.39, 0.29) is 6.10 Å². The first-order chi connectivity index (χ1) is 15.9. The van der Waals surface area contributed by atoms with Gasteiger partial charge in [0.25, 0.3) is 0 Å². The Labute approximate surface area is 207 Å². The molecule has 0 aromatic carbocycles. The van der Waals surface area contributed by atoms with Crippen LogP contribution in [0.25, 0.3) is 0 Å². The van der Waals surface area contributed by atoms with Gasteiger partial charge in [0.15, 0.2) is 0 Å². The number of rotatable bonds is 8. The van der Waals surface area contributed by atoms with E-state index in [1.54, 1.807) is 27.7 Å². The van der Waals surface area contributed by atoms with Crippen molar-refractivity contribution in [2.45, 2.75) is 136 Å².